The van der Waals surface area contributed by atoms with Crippen LogP contribution in [0.2, 0.25) is 10.0 Å². The highest BCUT2D eigenvalue weighted by Gasteiger charge is 2.30. The largest absolute Gasteiger partial charge is 0.743 e. The minimum atomic E-state index is -4.68. The first-order valence-electron chi connectivity index (χ1n) is 10.0. The summed E-state index contributed by atoms with van der Waals surface area (Å²) in [7, 11) is -9.12. The molecule has 0 bridgehead atoms. The van der Waals surface area contributed by atoms with E-state index in [-0.39, 0.29) is 11.8 Å². The molecule has 14 heteroatoms. The minimum absolute atomic E-state index is 0.0512. The van der Waals surface area contributed by atoms with E-state index in [0.717, 1.165) is 0 Å². The van der Waals surface area contributed by atoms with E-state index in [1.807, 2.05) is 0 Å². The molecule has 2 aromatic carbocycles. The summed E-state index contributed by atoms with van der Waals surface area (Å²) in [5, 5.41) is 0.654. The molecule has 1 aliphatic rings. The minimum Gasteiger partial charge on any atom is -0.743 e. The first kappa shape index (κ1) is 25.5. The number of oxazole rings is 1. The van der Waals surface area contributed by atoms with Crippen molar-refractivity contribution in [2.24, 2.45) is 0 Å². The van der Waals surface area contributed by atoms with Crippen LogP contribution in [0.25, 0.3) is 17.2 Å². The number of allylic oxidation sites excluding steroid dienone is 2. The van der Waals surface area contributed by atoms with E-state index in [0.29, 0.717) is 44.6 Å². The predicted molar refractivity (Wildman–Crippen MR) is 128 cm³/mol. The van der Waals surface area contributed by atoms with Gasteiger partial charge in [-0.05, 0) is 42.3 Å². The van der Waals surface area contributed by atoms with E-state index in [4.69, 9.17) is 32.4 Å². The van der Waals surface area contributed by atoms with Gasteiger partial charge in [0.25, 0.3) is 15.6 Å². The Morgan fingerprint density at radius 3 is 2.49 bits per heavy atom. The van der Waals surface area contributed by atoms with E-state index >= 15 is 0 Å². The fourth-order valence-electron chi connectivity index (χ4n) is 3.51. The van der Waals surface area contributed by atoms with Crippen molar-refractivity contribution in [2.75, 3.05) is 10.8 Å². The van der Waals surface area contributed by atoms with Gasteiger partial charge in [0.1, 0.15) is 0 Å². The predicted octanol–water partition coefficient (Wildman–Crippen LogP) is 3.91. The van der Waals surface area contributed by atoms with Crippen molar-refractivity contribution in [3.63, 3.8) is 0 Å². The number of rotatable bonds is 7. The molecule has 10 nitrogen and oxygen atoms in total. The summed E-state index contributed by atoms with van der Waals surface area (Å²) in [6.07, 6.45) is 3.39. The Hall–Kier alpha value is -2.61. The van der Waals surface area contributed by atoms with Gasteiger partial charge < -0.3 is 13.7 Å². The molecule has 2 heterocycles. The van der Waals surface area contributed by atoms with Gasteiger partial charge in [-0.3, -0.25) is 9.45 Å². The Balaban J connectivity index is 1.83. The van der Waals surface area contributed by atoms with Crippen LogP contribution in [0.5, 0.6) is 5.75 Å². The van der Waals surface area contributed by atoms with Gasteiger partial charge in [-0.2, -0.15) is 8.42 Å². The summed E-state index contributed by atoms with van der Waals surface area (Å²) in [5.74, 6) is -1.23. The second kappa shape index (κ2) is 9.45. The molecule has 0 saturated heterocycles. The Kier molecular flexibility index (Phi) is 6.88. The van der Waals surface area contributed by atoms with Gasteiger partial charge in [0.2, 0.25) is 17.3 Å². The maximum Gasteiger partial charge on any atom is 0.375 e. The third-order valence-electron chi connectivity index (χ3n) is 4.99. The third-order valence-corrected chi connectivity index (χ3v) is 6.62. The van der Waals surface area contributed by atoms with Crippen LogP contribution in [-0.2, 0) is 26.1 Å². The van der Waals surface area contributed by atoms with Gasteiger partial charge in [0.15, 0.2) is 21.7 Å². The zero-order valence-corrected chi connectivity index (χ0v) is 21.2. The number of ether oxygens (including phenoxy) is 1. The molecule has 4 rings (SSSR count). The summed E-state index contributed by atoms with van der Waals surface area (Å²) >= 11 is 12.1. The fraction of sp³-hybridized carbons (Fsp3) is 0.190. The van der Waals surface area contributed by atoms with Crippen LogP contribution in [0.1, 0.15) is 19.2 Å². The highest BCUT2D eigenvalue weighted by atomic mass is 35.5. The zero-order chi connectivity index (χ0) is 25.5. The van der Waals surface area contributed by atoms with Gasteiger partial charge in [-0.25, -0.2) is 8.42 Å². The lowest BCUT2D eigenvalue weighted by Crippen LogP contribution is -2.39. The standard InChI is InChI=1S/C21H18Cl2N2O8S2/c1-2-13(7-20-24(11-34(26,27)28)16-9-14(22)3-5-18(16)32-20)8-21-25(12-35(29,30)31)17-10-15(23)4-6-19(17)33-21/h3-10H,2,11-12H2,1H3,(H-,26,27,28,29,30,31). The topological polar surface area (TPSA) is 141 Å². The molecule has 0 radical (unpaired) electrons. The normalized spacial score (nSPS) is 15.6. The highest BCUT2D eigenvalue weighted by Crippen LogP contribution is 2.41. The molecule has 0 fully saturated rings. The molecule has 0 saturated carbocycles. The first-order valence-corrected chi connectivity index (χ1v) is 13.9. The summed E-state index contributed by atoms with van der Waals surface area (Å²) in [6, 6.07) is 9.19. The molecule has 0 amide bonds. The quantitative estimate of drug-likeness (QED) is 0.336. The van der Waals surface area contributed by atoms with E-state index in [2.05, 4.69) is 0 Å². The summed E-state index contributed by atoms with van der Waals surface area (Å²) in [5.41, 5.74) is 1.47. The number of hydrogen-bond donors (Lipinski definition) is 1. The molecular weight excluding hydrogens is 543 g/mol. The monoisotopic (exact) mass is 560 g/mol. The molecule has 0 aliphatic carbocycles. The van der Waals surface area contributed by atoms with Crippen molar-refractivity contribution in [1.82, 2.24) is 0 Å². The molecule has 0 unspecified atom stereocenters. The van der Waals surface area contributed by atoms with Crippen molar-refractivity contribution in [3.8, 4) is 5.75 Å². The fourth-order valence-corrected chi connectivity index (χ4v) is 5.02. The van der Waals surface area contributed by atoms with Crippen LogP contribution in [0.3, 0.4) is 0 Å². The number of halogens is 2. The number of anilines is 1. The summed E-state index contributed by atoms with van der Waals surface area (Å²) < 4.78 is 80.1. The molecule has 186 valence electrons. The number of hydrogen-bond acceptors (Lipinski definition) is 8. The summed E-state index contributed by atoms with van der Waals surface area (Å²) in [6.45, 7) is 1.79. The summed E-state index contributed by atoms with van der Waals surface area (Å²) in [4.78, 5) is 1.23. The van der Waals surface area contributed by atoms with Crippen LogP contribution < -0.4 is 14.2 Å². The molecular formula is C21H18Cl2N2O8S2. The smallest absolute Gasteiger partial charge is 0.375 e. The Morgan fingerprint density at radius 2 is 1.83 bits per heavy atom. The van der Waals surface area contributed by atoms with Crippen LogP contribution in [0.15, 0.2) is 58.3 Å². The third kappa shape index (κ3) is 5.97. The Bertz CT molecular complexity index is 1590. The molecule has 35 heavy (non-hydrogen) atoms. The van der Waals surface area contributed by atoms with Crippen molar-refractivity contribution >= 4 is 66.3 Å². The van der Waals surface area contributed by atoms with E-state index in [9.17, 15) is 25.9 Å². The van der Waals surface area contributed by atoms with Crippen molar-refractivity contribution in [2.45, 2.75) is 19.2 Å². The van der Waals surface area contributed by atoms with Crippen LogP contribution >= 0.6 is 23.2 Å². The number of aromatic nitrogens is 1. The van der Waals surface area contributed by atoms with Gasteiger partial charge >= 0.3 is 5.89 Å². The Labute approximate surface area is 211 Å². The van der Waals surface area contributed by atoms with Gasteiger partial charge in [0.05, 0.1) is 11.8 Å². The van der Waals surface area contributed by atoms with E-state index < -0.39 is 32.0 Å². The van der Waals surface area contributed by atoms with Gasteiger partial charge in [-0.1, -0.05) is 30.1 Å². The average Bonchev–Trinajstić information content (AvgIpc) is 3.23. The van der Waals surface area contributed by atoms with E-state index in [1.54, 1.807) is 31.2 Å². The van der Waals surface area contributed by atoms with Gasteiger partial charge in [0, 0.05) is 22.2 Å². The highest BCUT2D eigenvalue weighted by molar-refractivity contribution is 7.85. The lowest BCUT2D eigenvalue weighted by Gasteiger charge is -2.16. The Morgan fingerprint density at radius 1 is 1.14 bits per heavy atom. The van der Waals surface area contributed by atoms with Crippen LogP contribution in [-0.4, -0.2) is 31.8 Å². The number of fused-ring (bicyclic) bond motifs is 2. The lowest BCUT2D eigenvalue weighted by atomic mass is 10.2. The number of benzene rings is 2. The second-order valence-corrected chi connectivity index (χ2v) is 11.2. The maximum absolute atomic E-state index is 11.6. The molecule has 0 spiro atoms. The zero-order valence-electron chi connectivity index (χ0n) is 18.0. The number of nitrogens with zero attached hydrogens (tertiary/aromatic N) is 2. The lowest BCUT2D eigenvalue weighted by molar-refractivity contribution is -0.658. The molecule has 1 aliphatic heterocycles. The van der Waals surface area contributed by atoms with Crippen LogP contribution in [0, 0.1) is 0 Å². The molecule has 0 atom stereocenters. The first-order chi connectivity index (χ1) is 16.3. The van der Waals surface area contributed by atoms with Crippen molar-refractivity contribution in [3.05, 3.63) is 69.9 Å². The molecule has 3 aromatic rings. The molecule has 1 aromatic heterocycles. The van der Waals surface area contributed by atoms with Crippen LogP contribution in [0.4, 0.5) is 5.69 Å². The van der Waals surface area contributed by atoms with Crippen molar-refractivity contribution < 1.29 is 39.7 Å². The van der Waals surface area contributed by atoms with E-state index in [1.165, 1.54) is 33.8 Å². The second-order valence-electron chi connectivity index (χ2n) is 7.58. The van der Waals surface area contributed by atoms with Gasteiger partial charge in [-0.15, -0.1) is 4.57 Å². The maximum atomic E-state index is 11.6. The van der Waals surface area contributed by atoms with Crippen molar-refractivity contribution in [1.29, 1.82) is 0 Å². The average molecular weight is 561 g/mol. The molecule has 1 N–H and O–H groups in total. The SMILES string of the molecule is CCC(=C\c1oc2ccc(Cl)cc2[n+]1CS(=O)(=O)[O-])/C=C1/Oc2ccc(Cl)cc2N1CS(=O)(=O)O.